The number of amides is 2. The maximum atomic E-state index is 15.5. The van der Waals surface area contributed by atoms with Crippen LogP contribution in [0.2, 0.25) is 0 Å². The largest absolute Gasteiger partial charge is 0.380 e. The van der Waals surface area contributed by atoms with Gasteiger partial charge in [0.2, 0.25) is 5.91 Å². The molecule has 0 bridgehead atoms. The lowest BCUT2D eigenvalue weighted by molar-refractivity contribution is -0.149. The van der Waals surface area contributed by atoms with Crippen molar-refractivity contribution >= 4 is 23.4 Å². The highest BCUT2D eigenvalue weighted by atomic mass is 35.5. The molecule has 5 fully saturated rings. The average Bonchev–Trinajstić information content (AvgIpc) is 3.53. The van der Waals surface area contributed by atoms with Crippen LogP contribution in [0.15, 0.2) is 0 Å². The molecule has 0 aromatic carbocycles. The predicted molar refractivity (Wildman–Crippen MR) is 132 cm³/mol. The summed E-state index contributed by atoms with van der Waals surface area (Å²) in [6.07, 6.45) is 6.41. The predicted octanol–water partition coefficient (Wildman–Crippen LogP) is 2.70. The number of aliphatic hydroxyl groups is 1. The van der Waals surface area contributed by atoms with E-state index in [9.17, 15) is 14.7 Å². The number of halogens is 2. The summed E-state index contributed by atoms with van der Waals surface area (Å²) in [7, 11) is 0. The summed E-state index contributed by atoms with van der Waals surface area (Å²) in [5.41, 5.74) is -1.10. The number of piperidine rings is 1. The van der Waals surface area contributed by atoms with Crippen LogP contribution in [0.4, 0.5) is 4.39 Å². The number of nitrogens with zero attached hydrogens (tertiary/aromatic N) is 3. The molecule has 5 rings (SSSR count). The smallest absolute Gasteiger partial charge is 0.254 e. The van der Waals surface area contributed by atoms with Gasteiger partial charge in [0, 0.05) is 50.6 Å². The van der Waals surface area contributed by atoms with E-state index in [2.05, 4.69) is 24.1 Å². The Bertz CT molecular complexity index is 820. The summed E-state index contributed by atoms with van der Waals surface area (Å²) < 4.78 is 15.5. The first-order chi connectivity index (χ1) is 16.6. The van der Waals surface area contributed by atoms with Gasteiger partial charge >= 0.3 is 0 Å². The molecule has 0 aromatic heterocycles. The molecular weight excluding hydrogens is 471 g/mol. The number of hydrogen-bond acceptors (Lipinski definition) is 5. The van der Waals surface area contributed by atoms with Crippen molar-refractivity contribution in [1.29, 1.82) is 0 Å². The van der Waals surface area contributed by atoms with Gasteiger partial charge in [-0.05, 0) is 56.8 Å². The second-order valence-corrected chi connectivity index (χ2v) is 12.6. The van der Waals surface area contributed by atoms with Gasteiger partial charge in [-0.15, -0.1) is 11.6 Å². The first-order valence-corrected chi connectivity index (χ1v) is 14.2. The molecule has 2 saturated carbocycles. The number of hydrogen-bond donors (Lipinski definition) is 2. The van der Waals surface area contributed by atoms with Crippen LogP contribution in [-0.2, 0) is 9.59 Å². The third-order valence-electron chi connectivity index (χ3n) is 9.47. The lowest BCUT2D eigenvalue weighted by Gasteiger charge is -2.43. The minimum Gasteiger partial charge on any atom is -0.380 e. The summed E-state index contributed by atoms with van der Waals surface area (Å²) in [6, 6.07) is -0.0838. The molecular formula is C26H42ClFN4O3. The third kappa shape index (κ3) is 4.97. The van der Waals surface area contributed by atoms with Crippen molar-refractivity contribution in [3.05, 3.63) is 0 Å². The minimum absolute atomic E-state index is 0.0119. The summed E-state index contributed by atoms with van der Waals surface area (Å²) >= 11 is 6.95. The first-order valence-electron chi connectivity index (χ1n) is 13.7. The highest BCUT2D eigenvalue weighted by Gasteiger charge is 2.52. The van der Waals surface area contributed by atoms with Gasteiger partial charge in [-0.25, -0.2) is 4.39 Å². The second-order valence-electron chi connectivity index (χ2n) is 12.2. The molecule has 3 aliphatic heterocycles. The molecule has 3 saturated heterocycles. The number of alkyl halides is 2. The fraction of sp³-hybridized carbons (Fsp3) is 0.923. The van der Waals surface area contributed by atoms with Gasteiger partial charge in [0.25, 0.3) is 5.91 Å². The van der Waals surface area contributed by atoms with Gasteiger partial charge in [0.15, 0.2) is 0 Å². The van der Waals surface area contributed by atoms with E-state index in [0.717, 1.165) is 19.4 Å². The molecule has 0 radical (unpaired) electrons. The Morgan fingerprint density at radius 1 is 1.09 bits per heavy atom. The Balaban J connectivity index is 1.13. The molecule has 9 heteroatoms. The van der Waals surface area contributed by atoms with E-state index < -0.39 is 11.8 Å². The highest BCUT2D eigenvalue weighted by Crippen LogP contribution is 2.44. The van der Waals surface area contributed by atoms with Crippen molar-refractivity contribution in [3.8, 4) is 0 Å². The van der Waals surface area contributed by atoms with Gasteiger partial charge in [-0.1, -0.05) is 20.3 Å². The zero-order valence-corrected chi connectivity index (χ0v) is 22.0. The Labute approximate surface area is 213 Å². The average molecular weight is 513 g/mol. The van der Waals surface area contributed by atoms with Gasteiger partial charge in [0.05, 0.1) is 6.17 Å². The molecule has 5 aliphatic rings. The van der Waals surface area contributed by atoms with Gasteiger partial charge in [0.1, 0.15) is 17.3 Å². The van der Waals surface area contributed by atoms with Crippen LogP contribution < -0.4 is 5.32 Å². The van der Waals surface area contributed by atoms with Crippen molar-refractivity contribution in [2.45, 2.75) is 101 Å². The molecule has 2 N–H and O–H groups in total. The number of rotatable bonds is 5. The quantitative estimate of drug-likeness (QED) is 0.437. The molecule has 0 aromatic rings. The molecule has 7 unspecified atom stereocenters. The molecule has 2 amide bonds. The van der Waals surface area contributed by atoms with Gasteiger partial charge < -0.3 is 14.9 Å². The van der Waals surface area contributed by atoms with Crippen LogP contribution in [0.1, 0.15) is 71.6 Å². The van der Waals surface area contributed by atoms with Crippen LogP contribution in [0.25, 0.3) is 0 Å². The summed E-state index contributed by atoms with van der Waals surface area (Å²) in [5.74, 6) is -0.669. The van der Waals surface area contributed by atoms with Crippen molar-refractivity contribution in [3.63, 3.8) is 0 Å². The first kappa shape index (κ1) is 25.7. The van der Waals surface area contributed by atoms with Gasteiger partial charge in [-0.2, -0.15) is 0 Å². The van der Waals surface area contributed by atoms with E-state index in [1.165, 1.54) is 12.8 Å². The van der Waals surface area contributed by atoms with Crippen LogP contribution in [0.5, 0.6) is 0 Å². The van der Waals surface area contributed by atoms with Crippen LogP contribution in [0, 0.1) is 17.3 Å². The fourth-order valence-corrected chi connectivity index (χ4v) is 7.61. The van der Waals surface area contributed by atoms with E-state index in [-0.39, 0.29) is 53.2 Å². The van der Waals surface area contributed by atoms with E-state index in [1.807, 2.05) is 0 Å². The molecule has 3 heterocycles. The van der Waals surface area contributed by atoms with Crippen LogP contribution >= 0.6 is 11.6 Å². The molecule has 0 spiro atoms. The Morgan fingerprint density at radius 2 is 1.77 bits per heavy atom. The number of carbonyl (C=O) groups excluding carboxylic acids is 2. The van der Waals surface area contributed by atoms with Gasteiger partial charge in [-0.3, -0.25) is 19.8 Å². The lowest BCUT2D eigenvalue weighted by atomic mass is 9.76. The Morgan fingerprint density at radius 3 is 2.40 bits per heavy atom. The van der Waals surface area contributed by atoms with Crippen molar-refractivity contribution in [1.82, 2.24) is 20.0 Å². The molecule has 35 heavy (non-hydrogen) atoms. The molecule has 198 valence electrons. The molecule has 7 atom stereocenters. The zero-order chi connectivity index (χ0) is 25.0. The molecule has 2 aliphatic carbocycles. The van der Waals surface area contributed by atoms with Crippen molar-refractivity contribution < 1.29 is 19.1 Å². The van der Waals surface area contributed by atoms with Crippen molar-refractivity contribution in [2.75, 3.05) is 32.7 Å². The molecule has 7 nitrogen and oxygen atoms in total. The normalized spacial score (nSPS) is 41.5. The Kier molecular flexibility index (Phi) is 7.14. The standard InChI is InChI=1S/C26H42ClFN4O3/c1-3-7-25(2)8-6-20-29-21(22(27)32(20)16-25)18-5-4-17(15-19(18)28)23(33)30-11-13-31(14-12-30)24(34)26(35)9-10-26/h17-22,29,35H,3-16H2,1-2H3. The van der Waals surface area contributed by atoms with Crippen LogP contribution in [-0.4, -0.2) is 93.8 Å². The number of piperazine rings is 1. The zero-order valence-electron chi connectivity index (χ0n) is 21.2. The maximum absolute atomic E-state index is 15.5. The maximum Gasteiger partial charge on any atom is 0.254 e. The number of carbonyl (C=O) groups is 2. The SMILES string of the molecule is CCCC1(C)CCC2NC(C3CCC(C(=O)N4CCN(C(=O)C5(O)CC5)CC4)CC3F)C(Cl)N2C1. The third-order valence-corrected chi connectivity index (χ3v) is 9.99. The number of fused-ring (bicyclic) bond motifs is 1. The topological polar surface area (TPSA) is 76.1 Å². The highest BCUT2D eigenvalue weighted by molar-refractivity contribution is 6.21. The monoisotopic (exact) mass is 512 g/mol. The summed E-state index contributed by atoms with van der Waals surface area (Å²) in [6.45, 7) is 7.33. The summed E-state index contributed by atoms with van der Waals surface area (Å²) in [5, 5.41) is 13.7. The fourth-order valence-electron chi connectivity index (χ4n) is 7.14. The lowest BCUT2D eigenvalue weighted by Crippen LogP contribution is -2.55. The number of nitrogens with one attached hydrogen (secondary N) is 1. The van der Waals surface area contributed by atoms with E-state index in [4.69, 9.17) is 11.6 Å². The summed E-state index contributed by atoms with van der Waals surface area (Å²) in [4.78, 5) is 31.3. The van der Waals surface area contributed by atoms with E-state index >= 15 is 4.39 Å². The minimum atomic E-state index is -1.16. The van der Waals surface area contributed by atoms with Crippen molar-refractivity contribution in [2.24, 2.45) is 17.3 Å². The van der Waals surface area contributed by atoms with E-state index in [0.29, 0.717) is 51.9 Å². The Hall–Kier alpha value is -0.960. The van der Waals surface area contributed by atoms with Crippen LogP contribution in [0.3, 0.4) is 0 Å². The van der Waals surface area contributed by atoms with E-state index in [1.54, 1.807) is 9.80 Å². The second kappa shape index (κ2) is 9.73.